The second kappa shape index (κ2) is 6.47. The Balaban J connectivity index is 1.61. The van der Waals surface area contributed by atoms with Gasteiger partial charge in [0.1, 0.15) is 21.2 Å². The fourth-order valence-electron chi connectivity index (χ4n) is 4.79. The van der Waals surface area contributed by atoms with Crippen molar-refractivity contribution in [1.82, 2.24) is 0 Å². The van der Waals surface area contributed by atoms with Crippen molar-refractivity contribution in [2.45, 2.75) is 32.9 Å². The van der Waals surface area contributed by atoms with E-state index in [0.29, 0.717) is 0 Å². The first-order chi connectivity index (χ1) is 14.0. The van der Waals surface area contributed by atoms with Crippen molar-refractivity contribution >= 4 is 52.0 Å². The van der Waals surface area contributed by atoms with Crippen molar-refractivity contribution in [3.8, 4) is 0 Å². The third-order valence-electron chi connectivity index (χ3n) is 6.99. The van der Waals surface area contributed by atoms with Gasteiger partial charge in [-0.05, 0) is 52.7 Å². The van der Waals surface area contributed by atoms with Crippen LogP contribution < -0.4 is 10.1 Å². The Morgan fingerprint density at radius 2 is 1.86 bits per heavy atom. The van der Waals surface area contributed by atoms with Crippen LogP contribution in [0.4, 0.5) is 5.00 Å². The van der Waals surface area contributed by atoms with E-state index in [9.17, 15) is 0 Å². The molecule has 0 aliphatic carbocycles. The minimum absolute atomic E-state index is 1.22. The summed E-state index contributed by atoms with van der Waals surface area (Å²) in [5.74, 6) is 0. The zero-order valence-corrected chi connectivity index (χ0v) is 20.1. The van der Waals surface area contributed by atoms with Crippen LogP contribution in [0.1, 0.15) is 28.8 Å². The molecule has 0 N–H and O–H groups in total. The smallest absolute Gasteiger partial charge is 0.239 e. The molecule has 1 aromatic heterocycles. The first-order valence-corrected chi connectivity index (χ1v) is 15.4. The lowest BCUT2D eigenvalue weighted by Gasteiger charge is -2.32. The molecule has 2 aromatic rings. The molecule has 0 amide bonds. The van der Waals surface area contributed by atoms with Gasteiger partial charge in [0.05, 0.1) is 11.4 Å². The lowest BCUT2D eigenvalue weighted by Crippen LogP contribution is -2.47. The summed E-state index contributed by atoms with van der Waals surface area (Å²) in [6, 6.07) is 11.5. The summed E-state index contributed by atoms with van der Waals surface area (Å²) in [7, 11) is -1.70. The maximum atomic E-state index is 2.57. The quantitative estimate of drug-likeness (QED) is 0.485. The molecule has 2 saturated heterocycles. The zero-order valence-electron chi connectivity index (χ0n) is 17.4. The molecule has 5 heteroatoms. The molecule has 0 spiro atoms. The Labute approximate surface area is 182 Å². The van der Waals surface area contributed by atoms with Crippen LogP contribution in [0.15, 0.2) is 46.5 Å². The van der Waals surface area contributed by atoms with Crippen LogP contribution in [0, 0.1) is 6.92 Å². The van der Waals surface area contributed by atoms with Crippen LogP contribution in [0.2, 0.25) is 13.1 Å². The molecule has 5 heterocycles. The summed E-state index contributed by atoms with van der Waals surface area (Å²) in [4.78, 5) is 5.69. The SMILES string of the molecule is Cc1ccccc1C1=C2SC(=[N+]3CCC3)C=C2[Si](C)(C)c2cc(N3CCC3)sc21. The summed E-state index contributed by atoms with van der Waals surface area (Å²) in [5, 5.41) is 6.29. The van der Waals surface area contributed by atoms with Crippen LogP contribution in [0.25, 0.3) is 5.57 Å². The normalized spacial score (nSPS) is 22.2. The van der Waals surface area contributed by atoms with Gasteiger partial charge in [0.25, 0.3) is 0 Å². The van der Waals surface area contributed by atoms with Crippen LogP contribution in [0.3, 0.4) is 0 Å². The lowest BCUT2D eigenvalue weighted by molar-refractivity contribution is -0.580. The second-order valence-corrected chi connectivity index (χ2v) is 15.5. The number of fused-ring (bicyclic) bond motifs is 2. The number of rotatable bonds is 2. The first-order valence-electron chi connectivity index (χ1n) is 10.8. The minimum atomic E-state index is -1.70. The highest BCUT2D eigenvalue weighted by Crippen LogP contribution is 2.51. The third-order valence-corrected chi connectivity index (χ3v) is 13.3. The molecule has 148 valence electrons. The first kappa shape index (κ1) is 18.2. The van der Waals surface area contributed by atoms with E-state index < -0.39 is 8.07 Å². The molecule has 4 aliphatic heterocycles. The maximum absolute atomic E-state index is 2.57. The van der Waals surface area contributed by atoms with E-state index in [2.05, 4.69) is 89.0 Å². The summed E-state index contributed by atoms with van der Waals surface area (Å²) in [6.45, 7) is 12.3. The van der Waals surface area contributed by atoms with Crippen LogP contribution in [-0.2, 0) is 0 Å². The molecule has 0 bridgehead atoms. The predicted molar refractivity (Wildman–Crippen MR) is 131 cm³/mol. The van der Waals surface area contributed by atoms with Gasteiger partial charge < -0.3 is 4.90 Å². The number of thioether (sulfide) groups is 1. The molecule has 2 nitrogen and oxygen atoms in total. The van der Waals surface area contributed by atoms with Crippen molar-refractivity contribution in [3.05, 3.63) is 62.5 Å². The average Bonchev–Trinajstić information content (AvgIpc) is 3.20. The molecule has 0 saturated carbocycles. The number of benzene rings is 1. The molecule has 1 aromatic carbocycles. The fraction of sp³-hybridized carbons (Fsp3) is 0.375. The van der Waals surface area contributed by atoms with E-state index in [1.807, 2.05) is 0 Å². The predicted octanol–water partition coefficient (Wildman–Crippen LogP) is 4.98. The maximum Gasteiger partial charge on any atom is 0.239 e. The largest absolute Gasteiger partial charge is 0.363 e. The summed E-state index contributed by atoms with van der Waals surface area (Å²) in [6.07, 6.45) is 5.24. The highest BCUT2D eigenvalue weighted by molar-refractivity contribution is 8.18. The van der Waals surface area contributed by atoms with Crippen molar-refractivity contribution in [2.24, 2.45) is 0 Å². The summed E-state index contributed by atoms with van der Waals surface area (Å²) < 4.78 is 2.57. The topological polar surface area (TPSA) is 6.25 Å². The van der Waals surface area contributed by atoms with Gasteiger partial charge in [0, 0.05) is 34.5 Å². The summed E-state index contributed by atoms with van der Waals surface area (Å²) >= 11 is 4.10. The number of anilines is 1. The molecule has 0 radical (unpaired) electrons. The Morgan fingerprint density at radius 1 is 1.07 bits per heavy atom. The van der Waals surface area contributed by atoms with Gasteiger partial charge in [-0.25, -0.2) is 4.58 Å². The Kier molecular flexibility index (Phi) is 4.06. The number of allylic oxidation sites excluding steroid dienone is 1. The van der Waals surface area contributed by atoms with Gasteiger partial charge in [-0.1, -0.05) is 37.4 Å². The minimum Gasteiger partial charge on any atom is -0.363 e. The molecule has 6 rings (SSSR count). The van der Waals surface area contributed by atoms with E-state index in [1.54, 1.807) is 20.2 Å². The van der Waals surface area contributed by atoms with Crippen molar-refractivity contribution < 1.29 is 4.58 Å². The van der Waals surface area contributed by atoms with E-state index in [-0.39, 0.29) is 0 Å². The highest BCUT2D eigenvalue weighted by Gasteiger charge is 2.46. The van der Waals surface area contributed by atoms with E-state index in [1.165, 1.54) is 65.8 Å². The molecular formula is C24H27N2S2Si+. The molecule has 4 aliphatic rings. The molecule has 2 fully saturated rings. The van der Waals surface area contributed by atoms with Crippen LogP contribution >= 0.6 is 23.1 Å². The lowest BCUT2D eigenvalue weighted by atomic mass is 9.98. The van der Waals surface area contributed by atoms with Gasteiger partial charge >= 0.3 is 0 Å². The van der Waals surface area contributed by atoms with Gasteiger partial charge in [-0.2, -0.15) is 0 Å². The highest BCUT2D eigenvalue weighted by atomic mass is 32.2. The van der Waals surface area contributed by atoms with E-state index >= 15 is 0 Å². The molecule has 0 unspecified atom stereocenters. The molecule has 29 heavy (non-hydrogen) atoms. The van der Waals surface area contributed by atoms with Crippen molar-refractivity contribution in [1.29, 1.82) is 0 Å². The molecule has 0 atom stereocenters. The second-order valence-electron chi connectivity index (χ2n) is 9.15. The standard InChI is InChI=1S/C24H27N2S2Si/c1-16-8-4-5-9-17(16)22-23-18(14-20(27-23)25-10-6-11-25)29(2,3)19-15-21(28-24(19)22)26-12-7-13-26/h4-5,8-9,14-15H,6-7,10-13H2,1-3H3/q+1. The van der Waals surface area contributed by atoms with Crippen molar-refractivity contribution in [3.63, 3.8) is 0 Å². The Morgan fingerprint density at radius 3 is 2.52 bits per heavy atom. The van der Waals surface area contributed by atoms with E-state index in [0.717, 1.165) is 0 Å². The van der Waals surface area contributed by atoms with Gasteiger partial charge in [0.2, 0.25) is 5.04 Å². The Hall–Kier alpha value is -1.56. The number of thiophene rings is 1. The van der Waals surface area contributed by atoms with Crippen LogP contribution in [-0.4, -0.2) is 43.9 Å². The number of hydrogen-bond acceptors (Lipinski definition) is 3. The van der Waals surface area contributed by atoms with Gasteiger partial charge in [0.15, 0.2) is 0 Å². The zero-order chi connectivity index (χ0) is 19.8. The van der Waals surface area contributed by atoms with Crippen LogP contribution in [0.5, 0.6) is 0 Å². The monoisotopic (exact) mass is 435 g/mol. The molecular weight excluding hydrogens is 408 g/mol. The van der Waals surface area contributed by atoms with Gasteiger partial charge in [-0.3, -0.25) is 0 Å². The number of nitrogens with zero attached hydrogens (tertiary/aromatic N) is 2. The van der Waals surface area contributed by atoms with Gasteiger partial charge in [-0.15, -0.1) is 11.3 Å². The van der Waals surface area contributed by atoms with Crippen molar-refractivity contribution in [2.75, 3.05) is 31.1 Å². The Bertz CT molecular complexity index is 1130. The third kappa shape index (κ3) is 2.63. The average molecular weight is 436 g/mol. The summed E-state index contributed by atoms with van der Waals surface area (Å²) in [5.41, 5.74) is 4.32. The number of hydrogen-bond donors (Lipinski definition) is 0. The fourth-order valence-corrected chi connectivity index (χ4v) is 11.9. The number of aryl methyl sites for hydroxylation is 1. The van der Waals surface area contributed by atoms with E-state index in [4.69, 9.17) is 0 Å².